The number of rotatable bonds is 6. The number of terminal acetylenes is 1. The zero-order valence-corrected chi connectivity index (χ0v) is 10.4. The predicted molar refractivity (Wildman–Crippen MR) is 70.4 cm³/mol. The number of hydrogen-bond acceptors (Lipinski definition) is 3. The minimum absolute atomic E-state index is 0.0813. The molecular formula is C14H12FNO4. The molecule has 0 saturated heterocycles. The lowest BCUT2D eigenvalue weighted by molar-refractivity contribution is -0.131. The molecule has 0 aromatic heterocycles. The molecule has 0 heterocycles. The van der Waals surface area contributed by atoms with Crippen molar-refractivity contribution in [3.8, 4) is 18.1 Å². The molecule has 2 N–H and O–H groups in total. The molecule has 0 aliphatic rings. The third kappa shape index (κ3) is 5.69. The van der Waals surface area contributed by atoms with E-state index in [0.717, 1.165) is 18.2 Å². The van der Waals surface area contributed by atoms with E-state index in [1.807, 2.05) is 0 Å². The highest BCUT2D eigenvalue weighted by molar-refractivity contribution is 5.85. The Hall–Kier alpha value is -2.81. The van der Waals surface area contributed by atoms with Crippen LogP contribution >= 0.6 is 0 Å². The highest BCUT2D eigenvalue weighted by Gasteiger charge is 2.04. The standard InChI is InChI=1S/C14H12FNO4/c1-2-5-16-13(17)9-20-12-7-10(3-4-14(18)19)6-11(15)8-12/h1,3-4,6-8H,5,9H2,(H,16,17)(H,18,19)/b4-3+. The van der Waals surface area contributed by atoms with Crippen LogP contribution in [0.2, 0.25) is 0 Å². The minimum atomic E-state index is -1.15. The van der Waals surface area contributed by atoms with E-state index in [1.54, 1.807) is 0 Å². The van der Waals surface area contributed by atoms with Crippen LogP contribution in [0.5, 0.6) is 5.75 Å². The van der Waals surface area contributed by atoms with Crippen LogP contribution in [0, 0.1) is 18.2 Å². The summed E-state index contributed by atoms with van der Waals surface area (Å²) in [4.78, 5) is 21.6. The quantitative estimate of drug-likeness (QED) is 0.602. The molecular weight excluding hydrogens is 265 g/mol. The Morgan fingerprint density at radius 3 is 2.85 bits per heavy atom. The maximum atomic E-state index is 13.3. The number of carbonyl (C=O) groups is 2. The van der Waals surface area contributed by atoms with E-state index in [2.05, 4.69) is 11.2 Å². The fraction of sp³-hybridized carbons (Fsp3) is 0.143. The summed E-state index contributed by atoms with van der Waals surface area (Å²) in [7, 11) is 0. The van der Waals surface area contributed by atoms with Crippen molar-refractivity contribution in [1.29, 1.82) is 0 Å². The summed E-state index contributed by atoms with van der Waals surface area (Å²) in [5.74, 6) is 0.163. The first kappa shape index (κ1) is 15.2. The van der Waals surface area contributed by atoms with Gasteiger partial charge in [0.1, 0.15) is 11.6 Å². The van der Waals surface area contributed by atoms with Crippen molar-refractivity contribution in [1.82, 2.24) is 5.32 Å². The first-order valence-electron chi connectivity index (χ1n) is 5.56. The van der Waals surface area contributed by atoms with Crippen LogP contribution in [-0.4, -0.2) is 30.1 Å². The van der Waals surface area contributed by atoms with Gasteiger partial charge in [0.2, 0.25) is 0 Å². The maximum Gasteiger partial charge on any atom is 0.328 e. The SMILES string of the molecule is C#CCNC(=O)COc1cc(F)cc(/C=C/C(=O)O)c1. The Balaban J connectivity index is 2.69. The van der Waals surface area contributed by atoms with Crippen LogP contribution in [0.4, 0.5) is 4.39 Å². The van der Waals surface area contributed by atoms with Gasteiger partial charge in [0, 0.05) is 12.1 Å². The highest BCUT2D eigenvalue weighted by atomic mass is 19.1. The topological polar surface area (TPSA) is 75.6 Å². The summed E-state index contributed by atoms with van der Waals surface area (Å²) < 4.78 is 18.4. The number of halogens is 1. The largest absolute Gasteiger partial charge is 0.484 e. The van der Waals surface area contributed by atoms with E-state index in [9.17, 15) is 14.0 Å². The first-order valence-corrected chi connectivity index (χ1v) is 5.56. The van der Waals surface area contributed by atoms with Crippen molar-refractivity contribution >= 4 is 18.0 Å². The van der Waals surface area contributed by atoms with Gasteiger partial charge in [-0.3, -0.25) is 4.79 Å². The number of amides is 1. The van der Waals surface area contributed by atoms with E-state index >= 15 is 0 Å². The van der Waals surface area contributed by atoms with Gasteiger partial charge in [-0.1, -0.05) is 5.92 Å². The number of carbonyl (C=O) groups excluding carboxylic acids is 1. The van der Waals surface area contributed by atoms with Crippen LogP contribution in [-0.2, 0) is 9.59 Å². The number of carboxylic acids is 1. The third-order valence-corrected chi connectivity index (χ3v) is 2.07. The molecule has 0 radical (unpaired) electrons. The van der Waals surface area contributed by atoms with Gasteiger partial charge in [-0.25, -0.2) is 9.18 Å². The number of aliphatic carboxylic acids is 1. The lowest BCUT2D eigenvalue weighted by atomic mass is 10.2. The monoisotopic (exact) mass is 277 g/mol. The first-order chi connectivity index (χ1) is 9.51. The van der Waals surface area contributed by atoms with E-state index in [0.29, 0.717) is 5.56 Å². The van der Waals surface area contributed by atoms with Crippen LogP contribution < -0.4 is 10.1 Å². The second-order valence-corrected chi connectivity index (χ2v) is 3.66. The van der Waals surface area contributed by atoms with Crippen molar-refractivity contribution in [2.24, 2.45) is 0 Å². The Bertz CT molecular complexity index is 575. The normalized spacial score (nSPS) is 10.0. The predicted octanol–water partition coefficient (Wildman–Crippen LogP) is 1.05. The molecule has 1 aromatic rings. The summed E-state index contributed by atoms with van der Waals surface area (Å²) in [6.07, 6.45) is 7.06. The summed E-state index contributed by atoms with van der Waals surface area (Å²) in [5, 5.41) is 10.9. The van der Waals surface area contributed by atoms with Gasteiger partial charge in [-0.2, -0.15) is 0 Å². The average molecular weight is 277 g/mol. The van der Waals surface area contributed by atoms with Gasteiger partial charge in [-0.15, -0.1) is 6.42 Å². The van der Waals surface area contributed by atoms with E-state index in [-0.39, 0.29) is 18.9 Å². The molecule has 0 aliphatic heterocycles. The summed E-state index contributed by atoms with van der Waals surface area (Å²) in [5.41, 5.74) is 0.312. The molecule has 0 fully saturated rings. The van der Waals surface area contributed by atoms with Gasteiger partial charge in [0.25, 0.3) is 5.91 Å². The Morgan fingerprint density at radius 1 is 1.45 bits per heavy atom. The Morgan fingerprint density at radius 2 is 2.20 bits per heavy atom. The van der Waals surface area contributed by atoms with Gasteiger partial charge in [-0.05, 0) is 23.8 Å². The van der Waals surface area contributed by atoms with Crippen molar-refractivity contribution in [3.05, 3.63) is 35.7 Å². The zero-order chi connectivity index (χ0) is 15.0. The number of hydrogen-bond donors (Lipinski definition) is 2. The molecule has 0 unspecified atom stereocenters. The van der Waals surface area contributed by atoms with E-state index < -0.39 is 17.7 Å². The lowest BCUT2D eigenvalue weighted by Crippen LogP contribution is -2.29. The molecule has 0 saturated carbocycles. The summed E-state index contributed by atoms with van der Waals surface area (Å²) in [6, 6.07) is 3.65. The molecule has 6 heteroatoms. The van der Waals surface area contributed by atoms with Crippen LogP contribution in [0.3, 0.4) is 0 Å². The van der Waals surface area contributed by atoms with Crippen LogP contribution in [0.25, 0.3) is 6.08 Å². The zero-order valence-electron chi connectivity index (χ0n) is 10.4. The molecule has 0 atom stereocenters. The summed E-state index contributed by atoms with van der Waals surface area (Å²) >= 11 is 0. The molecule has 0 aliphatic carbocycles. The Labute approximate surface area is 115 Å². The van der Waals surface area contributed by atoms with Crippen molar-refractivity contribution in [3.63, 3.8) is 0 Å². The lowest BCUT2D eigenvalue weighted by Gasteiger charge is -2.07. The maximum absolute atomic E-state index is 13.3. The fourth-order valence-electron chi connectivity index (χ4n) is 1.28. The molecule has 5 nitrogen and oxygen atoms in total. The molecule has 0 spiro atoms. The number of benzene rings is 1. The molecule has 1 rings (SSSR count). The van der Waals surface area contributed by atoms with Gasteiger partial charge in [0.15, 0.2) is 6.61 Å². The number of ether oxygens (including phenoxy) is 1. The molecule has 20 heavy (non-hydrogen) atoms. The van der Waals surface area contributed by atoms with Crippen molar-refractivity contribution in [2.45, 2.75) is 0 Å². The van der Waals surface area contributed by atoms with Crippen molar-refractivity contribution < 1.29 is 23.8 Å². The van der Waals surface area contributed by atoms with E-state index in [1.165, 1.54) is 12.1 Å². The summed E-state index contributed by atoms with van der Waals surface area (Å²) in [6.45, 7) is -0.231. The van der Waals surface area contributed by atoms with Gasteiger partial charge in [0.05, 0.1) is 6.54 Å². The Kier molecular flexibility index (Phi) is 5.78. The van der Waals surface area contributed by atoms with E-state index in [4.69, 9.17) is 16.3 Å². The number of nitrogens with one attached hydrogen (secondary N) is 1. The molecule has 0 bridgehead atoms. The second kappa shape index (κ2) is 7.59. The van der Waals surface area contributed by atoms with Crippen LogP contribution in [0.1, 0.15) is 5.56 Å². The fourth-order valence-corrected chi connectivity index (χ4v) is 1.28. The van der Waals surface area contributed by atoms with Crippen molar-refractivity contribution in [2.75, 3.05) is 13.2 Å². The average Bonchev–Trinajstić information content (AvgIpc) is 2.40. The highest BCUT2D eigenvalue weighted by Crippen LogP contribution is 2.17. The third-order valence-electron chi connectivity index (χ3n) is 2.07. The minimum Gasteiger partial charge on any atom is -0.484 e. The smallest absolute Gasteiger partial charge is 0.328 e. The molecule has 1 amide bonds. The second-order valence-electron chi connectivity index (χ2n) is 3.66. The number of carboxylic acid groups (broad SMARTS) is 1. The molecule has 1 aromatic carbocycles. The van der Waals surface area contributed by atoms with Crippen LogP contribution in [0.15, 0.2) is 24.3 Å². The van der Waals surface area contributed by atoms with Gasteiger partial charge < -0.3 is 15.2 Å². The molecule has 104 valence electrons. The van der Waals surface area contributed by atoms with Gasteiger partial charge >= 0.3 is 5.97 Å².